The Labute approximate surface area is 182 Å². The first kappa shape index (κ1) is 20.3. The maximum absolute atomic E-state index is 13.0. The number of rotatable bonds is 6. The topological polar surface area (TPSA) is 86.1 Å². The highest BCUT2D eigenvalue weighted by Crippen LogP contribution is 2.24. The minimum atomic E-state index is -0.189. The molecule has 4 aromatic heterocycles. The first-order valence-corrected chi connectivity index (χ1v) is 10.6. The average Bonchev–Trinajstić information content (AvgIpc) is 3.43. The number of hydrogen-bond acceptors (Lipinski definition) is 5. The van der Waals surface area contributed by atoms with Gasteiger partial charge >= 0.3 is 0 Å². The van der Waals surface area contributed by atoms with Gasteiger partial charge in [-0.25, -0.2) is 9.50 Å². The summed E-state index contributed by atoms with van der Waals surface area (Å²) in [5.41, 5.74) is 4.62. The standard InChI is InChI=1S/C20H23BrN8O/c1-5-27-11-15(21)17(24-27)12-26(4)20(30)16-9-19-22-8-7-18(29(19)25-16)14-10-23-28(6-2)13(14)3/h7-11H,5-6,12H2,1-4H3. The fraction of sp³-hybridized carbons (Fsp3) is 0.350. The molecule has 0 radical (unpaired) electrons. The molecule has 0 saturated heterocycles. The number of aryl methyl sites for hydroxylation is 2. The lowest BCUT2D eigenvalue weighted by atomic mass is 10.2. The Morgan fingerprint density at radius 3 is 2.70 bits per heavy atom. The van der Waals surface area contributed by atoms with Crippen molar-refractivity contribution >= 4 is 27.5 Å². The highest BCUT2D eigenvalue weighted by atomic mass is 79.9. The zero-order chi connectivity index (χ0) is 21.4. The summed E-state index contributed by atoms with van der Waals surface area (Å²) >= 11 is 3.51. The van der Waals surface area contributed by atoms with E-state index in [2.05, 4.69) is 36.2 Å². The van der Waals surface area contributed by atoms with Crippen molar-refractivity contribution in [3.63, 3.8) is 0 Å². The van der Waals surface area contributed by atoms with Gasteiger partial charge in [-0.1, -0.05) is 0 Å². The van der Waals surface area contributed by atoms with Crippen molar-refractivity contribution in [3.8, 4) is 11.3 Å². The SMILES string of the molecule is CCn1cc(Br)c(CN(C)C(=O)c2cc3nccc(-c4cnn(CC)c4C)n3n2)n1. The van der Waals surface area contributed by atoms with Crippen LogP contribution in [0.25, 0.3) is 16.9 Å². The molecule has 9 nitrogen and oxygen atoms in total. The summed E-state index contributed by atoms with van der Waals surface area (Å²) in [7, 11) is 1.74. The number of fused-ring (bicyclic) bond motifs is 1. The van der Waals surface area contributed by atoms with Crippen LogP contribution in [0, 0.1) is 6.92 Å². The summed E-state index contributed by atoms with van der Waals surface area (Å²) in [5, 5.41) is 13.5. The van der Waals surface area contributed by atoms with Crippen LogP contribution in [0.1, 0.15) is 35.7 Å². The van der Waals surface area contributed by atoms with E-state index < -0.39 is 0 Å². The van der Waals surface area contributed by atoms with E-state index in [0.29, 0.717) is 17.9 Å². The summed E-state index contributed by atoms with van der Waals surface area (Å²) in [6, 6.07) is 3.60. The lowest BCUT2D eigenvalue weighted by molar-refractivity contribution is 0.0776. The number of amides is 1. The predicted octanol–water partition coefficient (Wildman–Crippen LogP) is 3.17. The van der Waals surface area contributed by atoms with Crippen LogP contribution in [0.5, 0.6) is 0 Å². The van der Waals surface area contributed by atoms with Gasteiger partial charge in [0.15, 0.2) is 11.3 Å². The van der Waals surface area contributed by atoms with Gasteiger partial charge in [-0.3, -0.25) is 14.2 Å². The van der Waals surface area contributed by atoms with Crippen molar-refractivity contribution < 1.29 is 4.79 Å². The summed E-state index contributed by atoms with van der Waals surface area (Å²) in [6.45, 7) is 8.03. The molecule has 0 saturated carbocycles. The predicted molar refractivity (Wildman–Crippen MR) is 116 cm³/mol. The molecular weight excluding hydrogens is 448 g/mol. The number of aromatic nitrogens is 7. The van der Waals surface area contributed by atoms with Crippen LogP contribution in [0.15, 0.2) is 35.2 Å². The summed E-state index contributed by atoms with van der Waals surface area (Å²) < 4.78 is 6.34. The Balaban J connectivity index is 1.65. The molecule has 1 amide bonds. The third kappa shape index (κ3) is 3.51. The Hall–Kier alpha value is -3.01. The Morgan fingerprint density at radius 2 is 2.03 bits per heavy atom. The molecule has 0 spiro atoms. The number of carbonyl (C=O) groups excluding carboxylic acids is 1. The molecule has 0 fully saturated rings. The van der Waals surface area contributed by atoms with E-state index in [1.54, 1.807) is 28.7 Å². The molecule has 10 heteroatoms. The Bertz CT molecular complexity index is 1220. The molecule has 4 heterocycles. The molecule has 4 rings (SSSR count). The normalized spacial score (nSPS) is 11.4. The van der Waals surface area contributed by atoms with Crippen LogP contribution < -0.4 is 0 Å². The largest absolute Gasteiger partial charge is 0.334 e. The van der Waals surface area contributed by atoms with Gasteiger partial charge < -0.3 is 4.90 Å². The molecule has 30 heavy (non-hydrogen) atoms. The van der Waals surface area contributed by atoms with E-state index in [4.69, 9.17) is 0 Å². The van der Waals surface area contributed by atoms with Crippen molar-refractivity contribution in [2.24, 2.45) is 0 Å². The van der Waals surface area contributed by atoms with Crippen LogP contribution in [-0.4, -0.2) is 52.0 Å². The maximum Gasteiger partial charge on any atom is 0.274 e. The number of halogens is 1. The first-order chi connectivity index (χ1) is 14.4. The number of nitrogens with zero attached hydrogens (tertiary/aromatic N) is 8. The van der Waals surface area contributed by atoms with Crippen LogP contribution in [0.2, 0.25) is 0 Å². The van der Waals surface area contributed by atoms with Gasteiger partial charge in [0.1, 0.15) is 0 Å². The second-order valence-electron chi connectivity index (χ2n) is 7.03. The smallest absolute Gasteiger partial charge is 0.274 e. The van der Waals surface area contributed by atoms with Crippen molar-refractivity contribution in [2.75, 3.05) is 7.05 Å². The van der Waals surface area contributed by atoms with Crippen LogP contribution in [0.4, 0.5) is 0 Å². The van der Waals surface area contributed by atoms with Crippen molar-refractivity contribution in [1.82, 2.24) is 39.1 Å². The van der Waals surface area contributed by atoms with E-state index in [-0.39, 0.29) is 5.91 Å². The quantitative estimate of drug-likeness (QED) is 0.431. The lowest BCUT2D eigenvalue weighted by Gasteiger charge is -2.14. The molecule has 0 atom stereocenters. The molecule has 156 valence electrons. The third-order valence-corrected chi connectivity index (χ3v) is 5.76. The fourth-order valence-corrected chi connectivity index (χ4v) is 3.86. The highest BCUT2D eigenvalue weighted by Gasteiger charge is 2.20. The van der Waals surface area contributed by atoms with E-state index in [0.717, 1.165) is 40.2 Å². The van der Waals surface area contributed by atoms with Gasteiger partial charge in [-0.05, 0) is 42.8 Å². The van der Waals surface area contributed by atoms with Crippen molar-refractivity contribution in [1.29, 1.82) is 0 Å². The molecule has 0 aliphatic heterocycles. The monoisotopic (exact) mass is 470 g/mol. The Morgan fingerprint density at radius 1 is 1.23 bits per heavy atom. The molecule has 0 bridgehead atoms. The zero-order valence-electron chi connectivity index (χ0n) is 17.4. The van der Waals surface area contributed by atoms with Crippen LogP contribution >= 0.6 is 15.9 Å². The fourth-order valence-electron chi connectivity index (χ4n) is 3.42. The summed E-state index contributed by atoms with van der Waals surface area (Å²) in [5.74, 6) is -0.189. The minimum Gasteiger partial charge on any atom is -0.334 e. The first-order valence-electron chi connectivity index (χ1n) is 9.77. The summed E-state index contributed by atoms with van der Waals surface area (Å²) in [4.78, 5) is 19.0. The second-order valence-corrected chi connectivity index (χ2v) is 7.88. The average molecular weight is 471 g/mol. The van der Waals surface area contributed by atoms with Gasteiger partial charge in [0.25, 0.3) is 5.91 Å². The van der Waals surface area contributed by atoms with Gasteiger partial charge in [-0.15, -0.1) is 0 Å². The van der Waals surface area contributed by atoms with Gasteiger partial charge in [0, 0.05) is 49.9 Å². The van der Waals surface area contributed by atoms with Gasteiger partial charge in [0.05, 0.1) is 28.6 Å². The second kappa shape index (κ2) is 8.02. The van der Waals surface area contributed by atoms with Crippen LogP contribution in [-0.2, 0) is 19.6 Å². The van der Waals surface area contributed by atoms with E-state index in [1.807, 2.05) is 48.6 Å². The molecule has 0 aromatic carbocycles. The number of carbonyl (C=O) groups is 1. The van der Waals surface area contributed by atoms with E-state index in [1.165, 1.54) is 0 Å². The summed E-state index contributed by atoms with van der Waals surface area (Å²) in [6.07, 6.45) is 5.46. The highest BCUT2D eigenvalue weighted by molar-refractivity contribution is 9.10. The maximum atomic E-state index is 13.0. The molecular formula is C20H23BrN8O. The molecule has 0 unspecified atom stereocenters. The molecule has 4 aromatic rings. The molecule has 0 aliphatic rings. The molecule has 0 N–H and O–H groups in total. The zero-order valence-corrected chi connectivity index (χ0v) is 19.0. The van der Waals surface area contributed by atoms with Gasteiger partial charge in [0.2, 0.25) is 0 Å². The Kier molecular flexibility index (Phi) is 5.42. The lowest BCUT2D eigenvalue weighted by Crippen LogP contribution is -2.27. The minimum absolute atomic E-state index is 0.189. The van der Waals surface area contributed by atoms with Crippen molar-refractivity contribution in [3.05, 3.63) is 52.3 Å². The van der Waals surface area contributed by atoms with E-state index >= 15 is 0 Å². The third-order valence-electron chi connectivity index (χ3n) is 5.10. The van der Waals surface area contributed by atoms with Gasteiger partial charge in [-0.2, -0.15) is 15.3 Å². The van der Waals surface area contributed by atoms with Crippen LogP contribution in [0.3, 0.4) is 0 Å². The molecule has 0 aliphatic carbocycles. The van der Waals surface area contributed by atoms with E-state index in [9.17, 15) is 4.79 Å². The number of hydrogen-bond donors (Lipinski definition) is 0. The van der Waals surface area contributed by atoms with Crippen molar-refractivity contribution in [2.45, 2.75) is 40.4 Å².